The van der Waals surface area contributed by atoms with E-state index in [1.54, 1.807) is 0 Å². The zero-order valence-corrected chi connectivity index (χ0v) is 16.8. The minimum Gasteiger partial charge on any atom is -0.494 e. The molecule has 26 heavy (non-hydrogen) atoms. The Morgan fingerprint density at radius 1 is 1.12 bits per heavy atom. The van der Waals surface area contributed by atoms with Crippen molar-refractivity contribution >= 4 is 26.8 Å². The Kier molecular flexibility index (Phi) is 6.53. The highest BCUT2D eigenvalue weighted by Gasteiger charge is 2.05. The summed E-state index contributed by atoms with van der Waals surface area (Å²) in [6.07, 6.45) is 6.23. The fourth-order valence-corrected chi connectivity index (χ4v) is 3.29. The molecule has 0 aliphatic heterocycles. The van der Waals surface area contributed by atoms with Crippen LogP contribution in [-0.4, -0.2) is 36.2 Å². The number of fused-ring (bicyclic) bond motifs is 1. The number of likely N-dealkylation sites (N-methyl/N-ethyl adjacent to an activating group) is 1. The predicted molar refractivity (Wildman–Crippen MR) is 113 cm³/mol. The van der Waals surface area contributed by atoms with Gasteiger partial charge < -0.3 is 14.2 Å². The van der Waals surface area contributed by atoms with Crippen molar-refractivity contribution in [3.63, 3.8) is 0 Å². The molecule has 0 spiro atoms. The van der Waals surface area contributed by atoms with Gasteiger partial charge in [-0.2, -0.15) is 0 Å². The third-order valence-electron chi connectivity index (χ3n) is 4.41. The Hall–Kier alpha value is -2.04. The number of hydrogen-bond acceptors (Lipinski definition) is 2. The maximum atomic E-state index is 5.93. The molecule has 0 saturated carbocycles. The molecule has 0 N–H and O–H groups in total. The second-order valence-electron chi connectivity index (χ2n) is 6.49. The van der Waals surface area contributed by atoms with Gasteiger partial charge in [0.25, 0.3) is 0 Å². The van der Waals surface area contributed by atoms with Crippen LogP contribution in [0, 0.1) is 0 Å². The normalized spacial score (nSPS) is 11.2. The summed E-state index contributed by atoms with van der Waals surface area (Å²) < 4.78 is 9.21. The number of benzene rings is 2. The molecule has 0 aliphatic carbocycles. The summed E-state index contributed by atoms with van der Waals surface area (Å²) >= 11 is 3.49. The highest BCUT2D eigenvalue weighted by atomic mass is 79.9. The van der Waals surface area contributed by atoms with Crippen LogP contribution >= 0.6 is 15.9 Å². The van der Waals surface area contributed by atoms with Gasteiger partial charge in [-0.1, -0.05) is 22.0 Å². The van der Waals surface area contributed by atoms with Crippen LogP contribution in [0.4, 0.5) is 0 Å². The van der Waals surface area contributed by atoms with Crippen LogP contribution in [0.25, 0.3) is 16.6 Å². The first-order chi connectivity index (χ1) is 12.7. The SMILES string of the molecule is C=CCN(C)CCCCOc1ccc2c(ccn2-c2ccc(Br)cc2)c1. The average molecular weight is 413 g/mol. The molecule has 3 nitrogen and oxygen atoms in total. The molecule has 0 bridgehead atoms. The molecule has 0 atom stereocenters. The number of ether oxygens (including phenoxy) is 1. The summed E-state index contributed by atoms with van der Waals surface area (Å²) in [6.45, 7) is 6.53. The quantitative estimate of drug-likeness (QED) is 0.332. The van der Waals surface area contributed by atoms with E-state index in [9.17, 15) is 0 Å². The van der Waals surface area contributed by atoms with Gasteiger partial charge in [-0.05, 0) is 75.0 Å². The third-order valence-corrected chi connectivity index (χ3v) is 4.94. The van der Waals surface area contributed by atoms with Gasteiger partial charge in [0.1, 0.15) is 5.75 Å². The molecular weight excluding hydrogens is 388 g/mol. The van der Waals surface area contributed by atoms with Gasteiger partial charge in [0.05, 0.1) is 12.1 Å². The van der Waals surface area contributed by atoms with E-state index in [0.29, 0.717) is 0 Å². The van der Waals surface area contributed by atoms with Crippen molar-refractivity contribution in [1.29, 1.82) is 0 Å². The van der Waals surface area contributed by atoms with Crippen molar-refractivity contribution in [3.05, 3.63) is 71.9 Å². The van der Waals surface area contributed by atoms with Crippen LogP contribution in [0.1, 0.15) is 12.8 Å². The van der Waals surface area contributed by atoms with Gasteiger partial charge in [-0.25, -0.2) is 0 Å². The Morgan fingerprint density at radius 3 is 2.69 bits per heavy atom. The van der Waals surface area contributed by atoms with Gasteiger partial charge in [0, 0.05) is 28.3 Å². The van der Waals surface area contributed by atoms with E-state index in [0.717, 1.165) is 48.4 Å². The maximum Gasteiger partial charge on any atom is 0.120 e. The fourth-order valence-electron chi connectivity index (χ4n) is 3.02. The lowest BCUT2D eigenvalue weighted by Gasteiger charge is -2.14. The molecule has 2 aromatic carbocycles. The van der Waals surface area contributed by atoms with Gasteiger partial charge in [0.2, 0.25) is 0 Å². The van der Waals surface area contributed by atoms with E-state index in [1.165, 1.54) is 10.9 Å². The molecule has 0 unspecified atom stereocenters. The summed E-state index contributed by atoms with van der Waals surface area (Å²) in [5, 5.41) is 1.19. The van der Waals surface area contributed by atoms with Crippen LogP contribution in [0.5, 0.6) is 5.75 Å². The molecule has 1 aromatic heterocycles. The lowest BCUT2D eigenvalue weighted by atomic mass is 10.2. The second kappa shape index (κ2) is 9.06. The minimum absolute atomic E-state index is 0.751. The van der Waals surface area contributed by atoms with Gasteiger partial charge in [-0.3, -0.25) is 0 Å². The standard InChI is InChI=1S/C22H25BrN2O/c1-3-13-24(2)14-4-5-16-26-21-10-11-22-18(17-21)12-15-25(22)20-8-6-19(23)7-9-20/h3,6-12,15,17H,1,4-5,13-14,16H2,2H3. The van der Waals surface area contributed by atoms with Crippen LogP contribution in [0.15, 0.2) is 71.9 Å². The smallest absolute Gasteiger partial charge is 0.120 e. The van der Waals surface area contributed by atoms with Crippen LogP contribution in [-0.2, 0) is 0 Å². The number of unbranched alkanes of at least 4 members (excludes halogenated alkanes) is 1. The molecular formula is C22H25BrN2O. The van der Waals surface area contributed by atoms with E-state index in [1.807, 2.05) is 6.08 Å². The average Bonchev–Trinajstić information content (AvgIpc) is 3.05. The lowest BCUT2D eigenvalue weighted by Crippen LogP contribution is -2.19. The van der Waals surface area contributed by atoms with E-state index < -0.39 is 0 Å². The van der Waals surface area contributed by atoms with Crippen LogP contribution in [0.3, 0.4) is 0 Å². The minimum atomic E-state index is 0.751. The van der Waals surface area contributed by atoms with Crippen molar-refractivity contribution < 1.29 is 4.74 Å². The first-order valence-corrected chi connectivity index (χ1v) is 9.76. The van der Waals surface area contributed by atoms with Crippen molar-refractivity contribution in [2.45, 2.75) is 12.8 Å². The number of halogens is 1. The largest absolute Gasteiger partial charge is 0.494 e. The van der Waals surface area contributed by atoms with Gasteiger partial charge in [0.15, 0.2) is 0 Å². The Balaban J connectivity index is 1.58. The van der Waals surface area contributed by atoms with E-state index in [-0.39, 0.29) is 0 Å². The fraction of sp³-hybridized carbons (Fsp3) is 0.273. The number of aromatic nitrogens is 1. The summed E-state index contributed by atoms with van der Waals surface area (Å²) in [5.74, 6) is 0.936. The first-order valence-electron chi connectivity index (χ1n) is 8.96. The molecule has 3 rings (SSSR count). The predicted octanol–water partition coefficient (Wildman–Crippen LogP) is 5.67. The molecule has 0 aliphatic rings. The second-order valence-corrected chi connectivity index (χ2v) is 7.40. The number of hydrogen-bond donors (Lipinski definition) is 0. The molecule has 0 radical (unpaired) electrons. The summed E-state index contributed by atoms with van der Waals surface area (Å²) in [7, 11) is 2.12. The third kappa shape index (κ3) is 4.77. The van der Waals surface area contributed by atoms with Crippen molar-refractivity contribution in [2.75, 3.05) is 26.7 Å². The Morgan fingerprint density at radius 2 is 1.92 bits per heavy atom. The highest BCUT2D eigenvalue weighted by molar-refractivity contribution is 9.10. The molecule has 3 aromatic rings. The summed E-state index contributed by atoms with van der Waals surface area (Å²) in [6, 6.07) is 16.8. The highest BCUT2D eigenvalue weighted by Crippen LogP contribution is 2.25. The molecule has 1 heterocycles. The van der Waals surface area contributed by atoms with E-state index in [2.05, 4.69) is 93.8 Å². The zero-order valence-electron chi connectivity index (χ0n) is 15.2. The first kappa shape index (κ1) is 18.7. The Bertz CT molecular complexity index is 854. The van der Waals surface area contributed by atoms with Crippen LogP contribution < -0.4 is 4.74 Å². The monoisotopic (exact) mass is 412 g/mol. The molecule has 0 saturated heterocycles. The van der Waals surface area contributed by atoms with Crippen molar-refractivity contribution in [2.24, 2.45) is 0 Å². The molecule has 0 amide bonds. The lowest BCUT2D eigenvalue weighted by molar-refractivity contribution is 0.288. The van der Waals surface area contributed by atoms with Gasteiger partial charge >= 0.3 is 0 Å². The van der Waals surface area contributed by atoms with Crippen molar-refractivity contribution in [1.82, 2.24) is 9.47 Å². The summed E-state index contributed by atoms with van der Waals surface area (Å²) in [5.41, 5.74) is 2.34. The molecule has 4 heteroatoms. The number of nitrogens with zero attached hydrogens (tertiary/aromatic N) is 2. The van der Waals surface area contributed by atoms with Crippen LogP contribution in [0.2, 0.25) is 0 Å². The number of rotatable bonds is 9. The Labute approximate surface area is 164 Å². The molecule has 0 fully saturated rings. The van der Waals surface area contributed by atoms with E-state index in [4.69, 9.17) is 4.74 Å². The zero-order chi connectivity index (χ0) is 18.4. The molecule has 136 valence electrons. The van der Waals surface area contributed by atoms with E-state index >= 15 is 0 Å². The van der Waals surface area contributed by atoms with Gasteiger partial charge in [-0.15, -0.1) is 6.58 Å². The summed E-state index contributed by atoms with van der Waals surface area (Å²) in [4.78, 5) is 2.27. The topological polar surface area (TPSA) is 17.4 Å². The van der Waals surface area contributed by atoms with Crippen molar-refractivity contribution in [3.8, 4) is 11.4 Å². The maximum absolute atomic E-state index is 5.93.